The Bertz CT molecular complexity index is 932. The van der Waals surface area contributed by atoms with Crippen molar-refractivity contribution in [3.05, 3.63) is 23.2 Å². The number of rotatable bonds is 2. The maximum absolute atomic E-state index is 12.7. The maximum Gasteiger partial charge on any atom is 0.245 e. The van der Waals surface area contributed by atoms with Crippen LogP contribution in [0.3, 0.4) is 0 Å². The summed E-state index contributed by atoms with van der Waals surface area (Å²) in [6, 6.07) is 0. The molecule has 0 aromatic rings. The van der Waals surface area contributed by atoms with Gasteiger partial charge in [0.15, 0.2) is 11.5 Å². The molecule has 3 N–H and O–H groups in total. The van der Waals surface area contributed by atoms with Crippen molar-refractivity contribution in [2.75, 3.05) is 6.61 Å². The Morgan fingerprint density at radius 1 is 1.19 bits per heavy atom. The molecule has 1 unspecified atom stereocenters. The van der Waals surface area contributed by atoms with Gasteiger partial charge in [-0.05, 0) is 56.9 Å². The van der Waals surface area contributed by atoms with E-state index in [0.29, 0.717) is 25.0 Å². The average molecular weight is 433 g/mol. The molecule has 5 aliphatic rings. The second-order valence-electron chi connectivity index (χ2n) is 11.0. The Morgan fingerprint density at radius 2 is 1.90 bits per heavy atom. The van der Waals surface area contributed by atoms with Crippen molar-refractivity contribution in [2.24, 2.45) is 28.6 Å². The predicted molar refractivity (Wildman–Crippen MR) is 109 cm³/mol. The number of ether oxygens (including phenoxy) is 2. The maximum atomic E-state index is 12.7. The Kier molecular flexibility index (Phi) is 4.24. The number of allylic oxidation sites excluding steroid dienone is 2. The van der Waals surface area contributed by atoms with E-state index in [1.165, 1.54) is 0 Å². The molecule has 0 radical (unpaired) electrons. The fraction of sp³-hybridized carbons (Fsp3) is 0.750. The minimum absolute atomic E-state index is 0.0248. The van der Waals surface area contributed by atoms with Crippen LogP contribution in [-0.2, 0) is 19.1 Å². The first-order valence-corrected chi connectivity index (χ1v) is 11.3. The highest BCUT2D eigenvalue weighted by atomic mass is 16.7. The van der Waals surface area contributed by atoms with Crippen LogP contribution in [0.1, 0.15) is 59.8 Å². The Hall–Kier alpha value is -1.70. The minimum Gasteiger partial charge on any atom is -0.452 e. The summed E-state index contributed by atoms with van der Waals surface area (Å²) in [6.45, 7) is 6.76. The molecule has 0 spiro atoms. The van der Waals surface area contributed by atoms with Crippen LogP contribution in [0.2, 0.25) is 0 Å². The molecule has 7 heteroatoms. The second kappa shape index (κ2) is 6.21. The van der Waals surface area contributed by atoms with E-state index in [0.717, 1.165) is 12.0 Å². The van der Waals surface area contributed by atoms with E-state index in [2.05, 4.69) is 0 Å². The molecule has 0 aromatic heterocycles. The lowest BCUT2D eigenvalue weighted by molar-refractivity contribution is -0.184. The van der Waals surface area contributed by atoms with Crippen LogP contribution in [0.5, 0.6) is 0 Å². The summed E-state index contributed by atoms with van der Waals surface area (Å²) in [6.07, 6.45) is 3.52. The lowest BCUT2D eigenvalue weighted by atomic mass is 9.45. The summed E-state index contributed by atoms with van der Waals surface area (Å²) in [5, 5.41) is 32.3. The molecule has 3 fully saturated rings. The molecular formula is C24H32O7. The van der Waals surface area contributed by atoms with E-state index in [4.69, 9.17) is 9.47 Å². The van der Waals surface area contributed by atoms with Crippen molar-refractivity contribution in [3.8, 4) is 0 Å². The number of hydrogen-bond donors (Lipinski definition) is 3. The highest BCUT2D eigenvalue weighted by Crippen LogP contribution is 2.69. The van der Waals surface area contributed by atoms with Crippen LogP contribution in [0.15, 0.2) is 23.2 Å². The van der Waals surface area contributed by atoms with Gasteiger partial charge >= 0.3 is 0 Å². The van der Waals surface area contributed by atoms with Gasteiger partial charge in [-0.3, -0.25) is 9.59 Å². The van der Waals surface area contributed by atoms with E-state index < -0.39 is 40.7 Å². The van der Waals surface area contributed by atoms with Gasteiger partial charge in [0.05, 0.1) is 11.5 Å². The topological polar surface area (TPSA) is 113 Å². The Balaban J connectivity index is 1.59. The summed E-state index contributed by atoms with van der Waals surface area (Å²) >= 11 is 0. The molecule has 7 atom stereocenters. The smallest absolute Gasteiger partial charge is 0.245 e. The lowest BCUT2D eigenvalue weighted by Crippen LogP contribution is -2.62. The van der Waals surface area contributed by atoms with Crippen molar-refractivity contribution in [2.45, 2.75) is 77.3 Å². The van der Waals surface area contributed by atoms with E-state index >= 15 is 0 Å². The molecule has 3 saturated carbocycles. The molecule has 170 valence electrons. The number of ketones is 2. The third-order valence-corrected chi connectivity index (χ3v) is 9.19. The first kappa shape index (κ1) is 21.2. The lowest BCUT2D eigenvalue weighted by Gasteiger charge is -2.59. The zero-order valence-electron chi connectivity index (χ0n) is 18.6. The van der Waals surface area contributed by atoms with Crippen molar-refractivity contribution < 1.29 is 34.4 Å². The van der Waals surface area contributed by atoms with Gasteiger partial charge < -0.3 is 24.8 Å². The Morgan fingerprint density at radius 3 is 2.58 bits per heavy atom. The fourth-order valence-corrected chi connectivity index (χ4v) is 7.81. The largest absolute Gasteiger partial charge is 0.452 e. The van der Waals surface area contributed by atoms with Gasteiger partial charge in [-0.2, -0.15) is 0 Å². The van der Waals surface area contributed by atoms with Crippen LogP contribution in [0.4, 0.5) is 0 Å². The zero-order valence-corrected chi connectivity index (χ0v) is 18.6. The zero-order chi connectivity index (χ0) is 22.6. The molecule has 0 bridgehead atoms. The van der Waals surface area contributed by atoms with Crippen molar-refractivity contribution in [1.82, 2.24) is 0 Å². The molecule has 4 aliphatic carbocycles. The fourth-order valence-electron chi connectivity index (χ4n) is 7.81. The van der Waals surface area contributed by atoms with Crippen LogP contribution in [0.25, 0.3) is 0 Å². The summed E-state index contributed by atoms with van der Waals surface area (Å²) in [4.78, 5) is 25.3. The van der Waals surface area contributed by atoms with Crippen LogP contribution < -0.4 is 0 Å². The molecule has 1 heterocycles. The molecule has 0 saturated heterocycles. The second-order valence-corrected chi connectivity index (χ2v) is 11.0. The van der Waals surface area contributed by atoms with Crippen LogP contribution in [-0.4, -0.2) is 51.0 Å². The quantitative estimate of drug-likeness (QED) is 0.612. The van der Waals surface area contributed by atoms with Crippen molar-refractivity contribution in [3.63, 3.8) is 0 Å². The summed E-state index contributed by atoms with van der Waals surface area (Å²) < 4.78 is 12.0. The molecule has 7 nitrogen and oxygen atoms in total. The molecule has 1 aliphatic heterocycles. The summed E-state index contributed by atoms with van der Waals surface area (Å²) in [5.41, 5.74) is -2.15. The van der Waals surface area contributed by atoms with Gasteiger partial charge in [0.1, 0.15) is 12.2 Å². The first-order chi connectivity index (χ1) is 14.4. The molecular weight excluding hydrogens is 400 g/mol. The highest BCUT2D eigenvalue weighted by Gasteiger charge is 2.70. The SMILES string of the molecule is CC1(C)OC2=C(O1)[C@@]1(C)C(=CC2=O)CC[C@@H]2[C@@H]1C(O)C[C@@]1(C)[C@H]2CC[C@@]1(O)C(=O)CO. The predicted octanol–water partition coefficient (Wildman–Crippen LogP) is 2.00. The van der Waals surface area contributed by atoms with Gasteiger partial charge in [0, 0.05) is 25.2 Å². The molecule has 5 rings (SSSR count). The van der Waals surface area contributed by atoms with Crippen molar-refractivity contribution in [1.29, 1.82) is 0 Å². The third kappa shape index (κ3) is 2.45. The Labute approximate surface area is 182 Å². The highest BCUT2D eigenvalue weighted by molar-refractivity contribution is 6.05. The molecule has 31 heavy (non-hydrogen) atoms. The molecule has 0 aromatic carbocycles. The van der Waals surface area contributed by atoms with E-state index in [1.807, 2.05) is 13.8 Å². The van der Waals surface area contributed by atoms with Gasteiger partial charge in [0.25, 0.3) is 0 Å². The van der Waals surface area contributed by atoms with Gasteiger partial charge in [0.2, 0.25) is 17.3 Å². The molecule has 0 amide bonds. The number of aliphatic hydroxyl groups excluding tert-OH is 2. The minimum atomic E-state index is -1.63. The number of hydrogen-bond acceptors (Lipinski definition) is 7. The number of carbonyl (C=O) groups excluding carboxylic acids is 2. The van der Waals surface area contributed by atoms with Crippen LogP contribution >= 0.6 is 0 Å². The number of fused-ring (bicyclic) bond motifs is 6. The van der Waals surface area contributed by atoms with Crippen molar-refractivity contribution >= 4 is 11.6 Å². The summed E-state index contributed by atoms with van der Waals surface area (Å²) in [5.74, 6) is -1.10. The van der Waals surface area contributed by atoms with Crippen LogP contribution in [0, 0.1) is 28.6 Å². The van der Waals surface area contributed by atoms with E-state index in [9.17, 15) is 24.9 Å². The first-order valence-electron chi connectivity index (χ1n) is 11.3. The number of Topliss-reactive ketones (excluding diaryl/α,β-unsaturated/α-hetero) is 1. The van der Waals surface area contributed by atoms with Gasteiger partial charge in [-0.1, -0.05) is 12.5 Å². The van der Waals surface area contributed by atoms with E-state index in [1.54, 1.807) is 19.9 Å². The number of carbonyl (C=O) groups is 2. The normalized spacial score (nSPS) is 47.5. The monoisotopic (exact) mass is 432 g/mol. The average Bonchev–Trinajstić information content (AvgIpc) is 3.17. The third-order valence-electron chi connectivity index (χ3n) is 9.19. The standard InChI is InChI=1S/C24H32O7/c1-21(2)30-19-15(26)9-12-5-6-13-14-7-8-24(29,17(28)11-25)22(14,3)10-16(27)18(13)23(12,4)20(19)31-21/h9,13-14,16,18,25,27,29H,5-8,10-11H2,1-4H3/t13-,14-,16?,18+,22-,23-,24+/m0/s1. The van der Waals surface area contributed by atoms with E-state index in [-0.39, 0.29) is 35.7 Å². The van der Waals surface area contributed by atoms with Gasteiger partial charge in [-0.25, -0.2) is 0 Å². The van der Waals surface area contributed by atoms with Gasteiger partial charge in [-0.15, -0.1) is 0 Å². The summed E-state index contributed by atoms with van der Waals surface area (Å²) in [7, 11) is 0. The number of aliphatic hydroxyl groups is 3.